The van der Waals surface area contributed by atoms with E-state index >= 15 is 0 Å². The van der Waals surface area contributed by atoms with Crippen LogP contribution in [-0.2, 0) is 4.43 Å². The molecule has 3 rings (SSSR count). The lowest BCUT2D eigenvalue weighted by Gasteiger charge is -2.41. The third kappa shape index (κ3) is 1.80. The highest BCUT2D eigenvalue weighted by Crippen LogP contribution is 2.50. The molecule has 0 aromatic heterocycles. The van der Waals surface area contributed by atoms with Gasteiger partial charge in [-0.3, -0.25) is 4.79 Å². The number of hydrogen-bond donors (Lipinski definition) is 0. The maximum Gasteiger partial charge on any atom is 0.231 e. The van der Waals surface area contributed by atoms with Crippen LogP contribution in [0.5, 0.6) is 11.5 Å². The SMILES string of the molecule is CC(C)(C)[Si](C)(C)OC1C(=O)c2c1ccc1c2OCO1. The fourth-order valence-corrected chi connectivity index (χ4v) is 3.42. The molecule has 0 fully saturated rings. The van der Waals surface area contributed by atoms with E-state index in [1.165, 1.54) is 0 Å². The van der Waals surface area contributed by atoms with E-state index in [0.717, 1.165) is 5.56 Å². The van der Waals surface area contributed by atoms with E-state index in [4.69, 9.17) is 13.9 Å². The molecule has 0 amide bonds. The van der Waals surface area contributed by atoms with Gasteiger partial charge >= 0.3 is 0 Å². The van der Waals surface area contributed by atoms with E-state index in [0.29, 0.717) is 17.1 Å². The van der Waals surface area contributed by atoms with Crippen LogP contribution in [0.3, 0.4) is 0 Å². The summed E-state index contributed by atoms with van der Waals surface area (Å²) >= 11 is 0. The van der Waals surface area contributed by atoms with Gasteiger partial charge in [0.05, 0.1) is 5.56 Å². The third-order valence-corrected chi connectivity index (χ3v) is 8.99. The summed E-state index contributed by atoms with van der Waals surface area (Å²) in [4.78, 5) is 12.4. The first-order valence-corrected chi connectivity index (χ1v) is 9.78. The number of carbonyl (C=O) groups is 1. The Bertz CT molecular complexity index is 586. The van der Waals surface area contributed by atoms with Crippen molar-refractivity contribution >= 4 is 14.1 Å². The number of benzene rings is 1. The molecule has 1 heterocycles. The normalized spacial score (nSPS) is 20.6. The molecule has 0 spiro atoms. The molecule has 0 N–H and O–H groups in total. The van der Waals surface area contributed by atoms with E-state index in [1.807, 2.05) is 12.1 Å². The third-order valence-electron chi connectivity index (χ3n) is 4.56. The number of carbonyl (C=O) groups excluding carboxylic acids is 1. The molecule has 4 nitrogen and oxygen atoms in total. The summed E-state index contributed by atoms with van der Waals surface area (Å²) in [6.07, 6.45) is -0.430. The van der Waals surface area contributed by atoms with Gasteiger partial charge in [-0.25, -0.2) is 0 Å². The van der Waals surface area contributed by atoms with E-state index in [9.17, 15) is 4.79 Å². The molecule has 0 bridgehead atoms. The second-order valence-corrected chi connectivity index (χ2v) is 11.6. The zero-order valence-electron chi connectivity index (χ0n) is 12.6. The lowest BCUT2D eigenvalue weighted by atomic mass is 9.83. The highest BCUT2D eigenvalue weighted by Gasteiger charge is 2.48. The van der Waals surface area contributed by atoms with Crippen LogP contribution in [0.25, 0.3) is 0 Å². The molecule has 20 heavy (non-hydrogen) atoms. The number of Topliss-reactive ketones (excluding diaryl/α,β-unsaturated/α-hetero) is 1. The summed E-state index contributed by atoms with van der Waals surface area (Å²) in [5.74, 6) is 1.26. The van der Waals surface area contributed by atoms with Gasteiger partial charge in [0.2, 0.25) is 6.79 Å². The van der Waals surface area contributed by atoms with Crippen molar-refractivity contribution < 1.29 is 18.7 Å². The largest absolute Gasteiger partial charge is 0.454 e. The molecule has 5 heteroatoms. The molecule has 1 aromatic carbocycles. The van der Waals surface area contributed by atoms with Crippen LogP contribution < -0.4 is 9.47 Å². The van der Waals surface area contributed by atoms with Crippen LogP contribution in [0.15, 0.2) is 12.1 Å². The van der Waals surface area contributed by atoms with E-state index in [2.05, 4.69) is 33.9 Å². The molecular formula is C15H20O4Si. The zero-order valence-corrected chi connectivity index (χ0v) is 13.6. The lowest BCUT2D eigenvalue weighted by molar-refractivity contribution is 0.0690. The van der Waals surface area contributed by atoms with E-state index < -0.39 is 14.4 Å². The van der Waals surface area contributed by atoms with Gasteiger partial charge in [-0.15, -0.1) is 0 Å². The lowest BCUT2D eigenvalue weighted by Crippen LogP contribution is -2.45. The Morgan fingerprint density at radius 3 is 2.60 bits per heavy atom. The van der Waals surface area contributed by atoms with Crippen LogP contribution in [0.2, 0.25) is 18.1 Å². The molecule has 2 aliphatic rings. The highest BCUT2D eigenvalue weighted by molar-refractivity contribution is 6.74. The minimum Gasteiger partial charge on any atom is -0.454 e. The fraction of sp³-hybridized carbons (Fsp3) is 0.533. The van der Waals surface area contributed by atoms with Gasteiger partial charge in [-0.2, -0.15) is 0 Å². The van der Waals surface area contributed by atoms with Crippen LogP contribution in [0.1, 0.15) is 42.8 Å². The summed E-state index contributed by atoms with van der Waals surface area (Å²) in [7, 11) is -1.97. The smallest absolute Gasteiger partial charge is 0.231 e. The maximum atomic E-state index is 12.4. The van der Waals surface area contributed by atoms with Crippen molar-refractivity contribution in [3.05, 3.63) is 23.3 Å². The van der Waals surface area contributed by atoms with Crippen molar-refractivity contribution in [2.75, 3.05) is 6.79 Å². The number of ketones is 1. The Labute approximate surface area is 120 Å². The molecule has 108 valence electrons. The van der Waals surface area contributed by atoms with E-state index in [-0.39, 0.29) is 17.6 Å². The van der Waals surface area contributed by atoms with Gasteiger partial charge < -0.3 is 13.9 Å². The summed E-state index contributed by atoms with van der Waals surface area (Å²) in [6.45, 7) is 11.0. The first-order valence-electron chi connectivity index (χ1n) is 6.87. The first-order chi connectivity index (χ1) is 9.22. The highest BCUT2D eigenvalue weighted by atomic mass is 28.4. The number of hydrogen-bond acceptors (Lipinski definition) is 4. The number of rotatable bonds is 2. The molecule has 1 unspecified atom stereocenters. The Hall–Kier alpha value is -1.33. The first kappa shape index (κ1) is 13.6. The predicted molar refractivity (Wildman–Crippen MR) is 77.9 cm³/mol. The molecule has 0 saturated carbocycles. The van der Waals surface area contributed by atoms with E-state index in [1.54, 1.807) is 0 Å². The van der Waals surface area contributed by atoms with Gasteiger partial charge in [-0.05, 0) is 24.2 Å². The van der Waals surface area contributed by atoms with Crippen molar-refractivity contribution in [1.29, 1.82) is 0 Å². The van der Waals surface area contributed by atoms with Gasteiger partial charge in [0, 0.05) is 5.56 Å². The molecule has 1 atom stereocenters. The minimum absolute atomic E-state index is 0.0205. The molecule has 1 aliphatic heterocycles. The summed E-state index contributed by atoms with van der Waals surface area (Å²) in [5.41, 5.74) is 1.58. The predicted octanol–water partition coefficient (Wildman–Crippen LogP) is 3.67. The maximum absolute atomic E-state index is 12.4. The van der Waals surface area contributed by atoms with Gasteiger partial charge in [-0.1, -0.05) is 26.8 Å². The second kappa shape index (κ2) is 4.08. The Balaban J connectivity index is 1.91. The van der Waals surface area contributed by atoms with Crippen molar-refractivity contribution in [2.45, 2.75) is 45.0 Å². The molecular weight excluding hydrogens is 272 g/mol. The van der Waals surface area contributed by atoms with Crippen molar-refractivity contribution in [3.63, 3.8) is 0 Å². The van der Waals surface area contributed by atoms with Crippen LogP contribution in [-0.4, -0.2) is 20.9 Å². The molecule has 0 saturated heterocycles. The molecule has 1 aromatic rings. The van der Waals surface area contributed by atoms with Crippen LogP contribution in [0.4, 0.5) is 0 Å². The second-order valence-electron chi connectivity index (χ2n) is 6.89. The number of fused-ring (bicyclic) bond motifs is 3. The Morgan fingerprint density at radius 2 is 1.95 bits per heavy atom. The van der Waals surface area contributed by atoms with Crippen LogP contribution >= 0.6 is 0 Å². The number of ether oxygens (including phenoxy) is 2. The summed E-state index contributed by atoms with van der Waals surface area (Å²) < 4.78 is 16.9. The van der Waals surface area contributed by atoms with Crippen molar-refractivity contribution in [3.8, 4) is 11.5 Å². The van der Waals surface area contributed by atoms with Crippen LogP contribution in [0, 0.1) is 0 Å². The quantitative estimate of drug-likeness (QED) is 0.780. The van der Waals surface area contributed by atoms with Gasteiger partial charge in [0.15, 0.2) is 25.6 Å². The average Bonchev–Trinajstić information content (AvgIpc) is 2.80. The monoisotopic (exact) mass is 292 g/mol. The summed E-state index contributed by atoms with van der Waals surface area (Å²) in [6, 6.07) is 3.78. The average molecular weight is 292 g/mol. The molecule has 1 aliphatic carbocycles. The van der Waals surface area contributed by atoms with Crippen molar-refractivity contribution in [1.82, 2.24) is 0 Å². The van der Waals surface area contributed by atoms with Gasteiger partial charge in [0.25, 0.3) is 0 Å². The Kier molecular flexibility index (Phi) is 2.79. The topological polar surface area (TPSA) is 44.8 Å². The zero-order chi connectivity index (χ0) is 14.7. The van der Waals surface area contributed by atoms with Crippen molar-refractivity contribution in [2.24, 2.45) is 0 Å². The van der Waals surface area contributed by atoms with Gasteiger partial charge in [0.1, 0.15) is 6.10 Å². The fourth-order valence-electron chi connectivity index (χ4n) is 2.24. The minimum atomic E-state index is -1.97. The Morgan fingerprint density at radius 1 is 1.25 bits per heavy atom. The molecule has 0 radical (unpaired) electrons. The summed E-state index contributed by atoms with van der Waals surface area (Å²) in [5, 5.41) is 0.0827. The standard InChI is InChI=1S/C15H20O4Si/c1-15(2,3)20(4,5)19-13-9-6-7-10-14(18-8-17-10)11(9)12(13)16/h6-7,13H,8H2,1-5H3.